The number of amides is 1. The molecule has 130 valence electrons. The summed E-state index contributed by atoms with van der Waals surface area (Å²) in [5.74, 6) is -0.257. The van der Waals surface area contributed by atoms with Crippen molar-refractivity contribution >= 4 is 11.5 Å². The number of nitrogens with zero attached hydrogens (tertiary/aromatic N) is 2. The van der Waals surface area contributed by atoms with E-state index in [9.17, 15) is 18.0 Å². The summed E-state index contributed by atoms with van der Waals surface area (Å²) in [5.41, 5.74) is 2.86. The Morgan fingerprint density at radius 2 is 1.88 bits per heavy atom. The van der Waals surface area contributed by atoms with Crippen molar-refractivity contribution in [1.82, 2.24) is 9.88 Å². The van der Waals surface area contributed by atoms with Gasteiger partial charge in [0.1, 0.15) is 0 Å². The van der Waals surface area contributed by atoms with E-state index in [1.165, 1.54) is 12.1 Å². The molecule has 2 aromatic rings. The zero-order chi connectivity index (χ0) is 18.0. The quantitative estimate of drug-likeness (QED) is 0.810. The lowest BCUT2D eigenvalue weighted by molar-refractivity contribution is -0.137. The molecule has 0 radical (unpaired) electrons. The first-order chi connectivity index (χ1) is 11.9. The van der Waals surface area contributed by atoms with E-state index in [-0.39, 0.29) is 11.5 Å². The SMILES string of the molecule is Cc1ccncc1C1=CCN(C(=O)c2ccc(C(F)(F)F)cc2)CC1. The van der Waals surface area contributed by atoms with Gasteiger partial charge in [-0.3, -0.25) is 9.78 Å². The summed E-state index contributed by atoms with van der Waals surface area (Å²) in [5, 5.41) is 0. The number of alkyl halides is 3. The normalized spacial score (nSPS) is 15.0. The molecule has 0 atom stereocenters. The van der Waals surface area contributed by atoms with Gasteiger partial charge in [0, 0.05) is 31.0 Å². The summed E-state index contributed by atoms with van der Waals surface area (Å²) >= 11 is 0. The van der Waals surface area contributed by atoms with Crippen molar-refractivity contribution < 1.29 is 18.0 Å². The van der Waals surface area contributed by atoms with E-state index in [0.29, 0.717) is 19.5 Å². The fourth-order valence-electron chi connectivity index (χ4n) is 2.88. The lowest BCUT2D eigenvalue weighted by atomic mass is 9.97. The van der Waals surface area contributed by atoms with Crippen molar-refractivity contribution in [3.63, 3.8) is 0 Å². The van der Waals surface area contributed by atoms with Crippen molar-refractivity contribution in [1.29, 1.82) is 0 Å². The predicted octanol–water partition coefficient (Wildman–Crippen LogP) is 4.34. The maximum atomic E-state index is 12.6. The molecule has 1 aliphatic heterocycles. The minimum atomic E-state index is -4.40. The molecule has 1 amide bonds. The number of carbonyl (C=O) groups excluding carboxylic acids is 1. The second-order valence-electron chi connectivity index (χ2n) is 6.00. The lowest BCUT2D eigenvalue weighted by Gasteiger charge is -2.27. The van der Waals surface area contributed by atoms with Crippen LogP contribution in [-0.4, -0.2) is 28.9 Å². The van der Waals surface area contributed by atoms with Crippen LogP contribution in [0.4, 0.5) is 13.2 Å². The van der Waals surface area contributed by atoms with Crippen LogP contribution in [-0.2, 0) is 6.18 Å². The zero-order valence-electron chi connectivity index (χ0n) is 13.7. The van der Waals surface area contributed by atoms with E-state index in [4.69, 9.17) is 0 Å². The number of rotatable bonds is 2. The van der Waals surface area contributed by atoms with Crippen LogP contribution in [0.2, 0.25) is 0 Å². The Hall–Kier alpha value is -2.63. The third kappa shape index (κ3) is 3.73. The molecule has 2 heterocycles. The monoisotopic (exact) mass is 346 g/mol. The number of aromatic nitrogens is 1. The standard InChI is InChI=1S/C19H17F3N2O/c1-13-6-9-23-12-17(13)14-7-10-24(11-8-14)18(25)15-2-4-16(5-3-15)19(20,21)22/h2-7,9,12H,8,10-11H2,1H3. The highest BCUT2D eigenvalue weighted by Crippen LogP contribution is 2.29. The van der Waals surface area contributed by atoms with Gasteiger partial charge in [-0.15, -0.1) is 0 Å². The third-order valence-electron chi connectivity index (χ3n) is 4.34. The van der Waals surface area contributed by atoms with E-state index < -0.39 is 11.7 Å². The average Bonchev–Trinajstić information content (AvgIpc) is 2.61. The molecular formula is C19H17F3N2O. The molecule has 0 unspecified atom stereocenters. The van der Waals surface area contributed by atoms with Crippen molar-refractivity contribution in [2.75, 3.05) is 13.1 Å². The molecule has 0 saturated heterocycles. The maximum absolute atomic E-state index is 12.6. The van der Waals surface area contributed by atoms with Crippen molar-refractivity contribution in [2.45, 2.75) is 19.5 Å². The molecule has 0 bridgehead atoms. The highest BCUT2D eigenvalue weighted by molar-refractivity contribution is 5.94. The molecule has 0 fully saturated rings. The number of aryl methyl sites for hydroxylation is 1. The average molecular weight is 346 g/mol. The van der Waals surface area contributed by atoms with E-state index in [0.717, 1.165) is 28.8 Å². The first-order valence-electron chi connectivity index (χ1n) is 7.93. The van der Waals surface area contributed by atoms with E-state index >= 15 is 0 Å². The number of carbonyl (C=O) groups is 1. The fourth-order valence-corrected chi connectivity index (χ4v) is 2.88. The summed E-state index contributed by atoms with van der Waals surface area (Å²) < 4.78 is 37.8. The Labute approximate surface area is 143 Å². The molecule has 0 spiro atoms. The van der Waals surface area contributed by atoms with Crippen LogP contribution >= 0.6 is 0 Å². The van der Waals surface area contributed by atoms with Crippen LogP contribution in [0.3, 0.4) is 0 Å². The Morgan fingerprint density at radius 1 is 1.16 bits per heavy atom. The zero-order valence-corrected chi connectivity index (χ0v) is 13.7. The molecule has 3 rings (SSSR count). The van der Waals surface area contributed by atoms with Gasteiger partial charge in [-0.1, -0.05) is 6.08 Å². The molecule has 0 aliphatic carbocycles. The van der Waals surface area contributed by atoms with Gasteiger partial charge in [-0.25, -0.2) is 0 Å². The summed E-state index contributed by atoms with van der Waals surface area (Å²) in [6.45, 7) is 2.97. The molecule has 1 aromatic heterocycles. The number of hydrogen-bond acceptors (Lipinski definition) is 2. The van der Waals surface area contributed by atoms with Crippen LogP contribution in [0.5, 0.6) is 0 Å². The summed E-state index contributed by atoms with van der Waals surface area (Å²) in [6.07, 6.45) is 1.83. The first-order valence-corrected chi connectivity index (χ1v) is 7.93. The van der Waals surface area contributed by atoms with Crippen molar-refractivity contribution in [2.24, 2.45) is 0 Å². The van der Waals surface area contributed by atoms with E-state index in [1.54, 1.807) is 11.1 Å². The smallest absolute Gasteiger partial charge is 0.335 e. The summed E-state index contributed by atoms with van der Waals surface area (Å²) in [4.78, 5) is 18.2. The van der Waals surface area contributed by atoms with Gasteiger partial charge in [-0.2, -0.15) is 13.2 Å². The minimum Gasteiger partial charge on any atom is -0.335 e. The number of pyridine rings is 1. The van der Waals surface area contributed by atoms with Crippen molar-refractivity contribution in [3.05, 3.63) is 71.1 Å². The highest BCUT2D eigenvalue weighted by Gasteiger charge is 2.30. The predicted molar refractivity (Wildman–Crippen MR) is 88.9 cm³/mol. The minimum absolute atomic E-state index is 0.257. The largest absolute Gasteiger partial charge is 0.416 e. The maximum Gasteiger partial charge on any atom is 0.416 e. The number of halogens is 3. The van der Waals surface area contributed by atoms with Gasteiger partial charge < -0.3 is 4.90 Å². The van der Waals surface area contributed by atoms with Gasteiger partial charge in [0.05, 0.1) is 5.56 Å². The van der Waals surface area contributed by atoms with Gasteiger partial charge in [-0.05, 0) is 60.4 Å². The Bertz CT molecular complexity index is 810. The first kappa shape index (κ1) is 17.2. The van der Waals surface area contributed by atoms with Crippen LogP contribution in [0.25, 0.3) is 5.57 Å². The van der Waals surface area contributed by atoms with Gasteiger partial charge >= 0.3 is 6.18 Å². The Balaban J connectivity index is 1.72. The lowest BCUT2D eigenvalue weighted by Crippen LogP contribution is -2.34. The molecule has 6 heteroatoms. The topological polar surface area (TPSA) is 33.2 Å². The van der Waals surface area contributed by atoms with Gasteiger partial charge in [0.2, 0.25) is 0 Å². The fraction of sp³-hybridized carbons (Fsp3) is 0.263. The van der Waals surface area contributed by atoms with Crippen LogP contribution < -0.4 is 0 Å². The highest BCUT2D eigenvalue weighted by atomic mass is 19.4. The second-order valence-corrected chi connectivity index (χ2v) is 6.00. The van der Waals surface area contributed by atoms with Gasteiger partial charge in [0.25, 0.3) is 5.91 Å². The summed E-state index contributed by atoms with van der Waals surface area (Å²) in [7, 11) is 0. The molecule has 1 aliphatic rings. The van der Waals surface area contributed by atoms with Crippen LogP contribution in [0, 0.1) is 6.92 Å². The third-order valence-corrected chi connectivity index (χ3v) is 4.34. The van der Waals surface area contributed by atoms with E-state index in [1.807, 2.05) is 25.3 Å². The molecule has 3 nitrogen and oxygen atoms in total. The van der Waals surface area contributed by atoms with Crippen LogP contribution in [0.1, 0.15) is 33.5 Å². The number of benzene rings is 1. The number of hydrogen-bond donors (Lipinski definition) is 0. The Kier molecular flexibility index (Phi) is 4.61. The molecule has 1 aromatic carbocycles. The molecule has 0 N–H and O–H groups in total. The van der Waals surface area contributed by atoms with Crippen LogP contribution in [0.15, 0.2) is 48.8 Å². The second kappa shape index (κ2) is 6.70. The molecule has 25 heavy (non-hydrogen) atoms. The summed E-state index contributed by atoms with van der Waals surface area (Å²) in [6, 6.07) is 6.29. The molecule has 0 saturated carbocycles. The van der Waals surface area contributed by atoms with Crippen molar-refractivity contribution in [3.8, 4) is 0 Å². The Morgan fingerprint density at radius 3 is 2.44 bits per heavy atom. The van der Waals surface area contributed by atoms with Gasteiger partial charge in [0.15, 0.2) is 0 Å². The van der Waals surface area contributed by atoms with E-state index in [2.05, 4.69) is 4.98 Å². The molecular weight excluding hydrogens is 329 g/mol.